The zero-order valence-electron chi connectivity index (χ0n) is 43.1. The van der Waals surface area contributed by atoms with Crippen molar-refractivity contribution in [3.05, 3.63) is 122 Å². The van der Waals surface area contributed by atoms with Gasteiger partial charge in [-0.25, -0.2) is 0 Å². The number of carbonyl (C=O) groups is 3. The van der Waals surface area contributed by atoms with Gasteiger partial charge in [0.15, 0.2) is 6.10 Å². The van der Waals surface area contributed by atoms with Crippen molar-refractivity contribution in [2.75, 3.05) is 13.2 Å². The average Bonchev–Trinajstić information content (AvgIpc) is 3.33. The summed E-state index contributed by atoms with van der Waals surface area (Å²) in [5.74, 6) is -1.02. The highest BCUT2D eigenvalue weighted by Gasteiger charge is 2.19. The van der Waals surface area contributed by atoms with Crippen LogP contribution in [0.4, 0.5) is 0 Å². The number of unbranched alkanes of at least 4 members (excludes halogenated alkanes) is 18. The first-order chi connectivity index (χ1) is 33.0. The molecule has 0 saturated carbocycles. The van der Waals surface area contributed by atoms with Crippen molar-refractivity contribution in [2.45, 2.75) is 232 Å². The van der Waals surface area contributed by atoms with E-state index in [-0.39, 0.29) is 37.5 Å². The summed E-state index contributed by atoms with van der Waals surface area (Å²) >= 11 is 0. The molecule has 0 rings (SSSR count). The Kier molecular flexibility index (Phi) is 51.0. The quantitative estimate of drug-likeness (QED) is 0.0199. The third-order valence-electron chi connectivity index (χ3n) is 11.0. The highest BCUT2D eigenvalue weighted by Crippen LogP contribution is 2.14. The fourth-order valence-corrected chi connectivity index (χ4v) is 6.99. The number of carbonyl (C=O) groups excluding carboxylic acids is 3. The third kappa shape index (κ3) is 52.6. The van der Waals surface area contributed by atoms with Gasteiger partial charge in [-0.3, -0.25) is 14.4 Å². The van der Waals surface area contributed by atoms with Gasteiger partial charge in [0.2, 0.25) is 0 Å². The van der Waals surface area contributed by atoms with E-state index in [1.54, 1.807) is 0 Å². The van der Waals surface area contributed by atoms with Crippen LogP contribution in [0, 0.1) is 0 Å². The first-order valence-electron chi connectivity index (χ1n) is 27.1. The lowest BCUT2D eigenvalue weighted by molar-refractivity contribution is -0.166. The minimum Gasteiger partial charge on any atom is -0.462 e. The zero-order valence-corrected chi connectivity index (χ0v) is 43.1. The average molecular weight is 927 g/mol. The summed E-state index contributed by atoms with van der Waals surface area (Å²) < 4.78 is 16.7. The Labute approximate surface area is 412 Å². The van der Waals surface area contributed by atoms with Crippen LogP contribution in [0.2, 0.25) is 0 Å². The topological polar surface area (TPSA) is 78.9 Å². The van der Waals surface area contributed by atoms with Crippen LogP contribution in [0.25, 0.3) is 0 Å². The van der Waals surface area contributed by atoms with E-state index in [1.165, 1.54) is 83.5 Å². The van der Waals surface area contributed by atoms with E-state index in [9.17, 15) is 14.4 Å². The van der Waals surface area contributed by atoms with E-state index in [2.05, 4.69) is 130 Å². The van der Waals surface area contributed by atoms with E-state index in [1.807, 2.05) is 12.2 Å². The first kappa shape index (κ1) is 62.8. The van der Waals surface area contributed by atoms with Crippen LogP contribution in [-0.2, 0) is 28.6 Å². The third-order valence-corrected chi connectivity index (χ3v) is 11.0. The second-order valence-electron chi connectivity index (χ2n) is 17.4. The Morgan fingerprint density at radius 2 is 0.687 bits per heavy atom. The minimum absolute atomic E-state index is 0.112. The fourth-order valence-electron chi connectivity index (χ4n) is 6.99. The maximum atomic E-state index is 12.8. The second kappa shape index (κ2) is 54.4. The lowest BCUT2D eigenvalue weighted by Crippen LogP contribution is -2.30. The van der Waals surface area contributed by atoms with Crippen LogP contribution in [0.1, 0.15) is 226 Å². The molecule has 67 heavy (non-hydrogen) atoms. The number of hydrogen-bond donors (Lipinski definition) is 0. The molecule has 378 valence electrons. The Hall–Kier alpha value is -4.19. The molecule has 0 aliphatic rings. The van der Waals surface area contributed by atoms with Gasteiger partial charge < -0.3 is 14.2 Å². The van der Waals surface area contributed by atoms with Crippen molar-refractivity contribution >= 4 is 17.9 Å². The van der Waals surface area contributed by atoms with E-state index < -0.39 is 6.10 Å². The molecule has 0 spiro atoms. The molecule has 1 unspecified atom stereocenters. The van der Waals surface area contributed by atoms with E-state index in [0.717, 1.165) is 96.3 Å². The predicted molar refractivity (Wildman–Crippen MR) is 288 cm³/mol. The molecule has 0 amide bonds. The Morgan fingerprint density at radius 3 is 1.16 bits per heavy atom. The summed E-state index contributed by atoms with van der Waals surface area (Å²) in [6.07, 6.45) is 74.8. The largest absolute Gasteiger partial charge is 0.462 e. The molecule has 0 fully saturated rings. The predicted octanol–water partition coefficient (Wildman–Crippen LogP) is 18.1. The minimum atomic E-state index is -0.820. The standard InChI is InChI=1S/C61H98O6/c1-4-7-10-13-16-19-22-25-28-29-30-31-34-36-39-42-45-48-51-54-60(63)66-57-58(67-61(64)55-52-49-46-43-40-37-33-27-24-21-18-15-12-9-6-3)56-65-59(62)53-50-47-44-41-38-35-32-26-23-20-17-14-11-8-5-2/h7,9-10,12,15-16,18-21,23-25,28,30-31,36,39,45,48,58H,4-6,8,11,13-14,17,22,26-27,29,32-35,37-38,40-44,46-47,49-57H2,1-3H3/b10-7-,12-9-,18-15-,19-16-,23-20-,24-21-,28-25-,31-30-,39-36-,48-45-. The Morgan fingerprint density at radius 1 is 0.328 bits per heavy atom. The fraction of sp³-hybridized carbons (Fsp3) is 0.623. The molecule has 0 saturated heterocycles. The molecule has 0 radical (unpaired) electrons. The summed E-state index contributed by atoms with van der Waals surface area (Å²) in [7, 11) is 0. The van der Waals surface area contributed by atoms with Gasteiger partial charge in [-0.15, -0.1) is 0 Å². The van der Waals surface area contributed by atoms with Crippen molar-refractivity contribution < 1.29 is 28.6 Å². The van der Waals surface area contributed by atoms with Crippen LogP contribution in [0.3, 0.4) is 0 Å². The normalized spacial score (nSPS) is 13.1. The first-order valence-corrected chi connectivity index (χ1v) is 27.1. The van der Waals surface area contributed by atoms with Gasteiger partial charge in [0.05, 0.1) is 0 Å². The SMILES string of the molecule is CC\C=C/C=C\C=C/CCCCCCCCCC(=O)OC(COC(=O)CC/C=C\C/C=C\C/C=C\C/C=C\C/C=C\C/C=C\CC)COC(=O)CCCCCCCCC/C=C\CCCCCC. The summed E-state index contributed by atoms with van der Waals surface area (Å²) in [4.78, 5) is 38.0. The van der Waals surface area contributed by atoms with Crippen molar-refractivity contribution in [2.24, 2.45) is 0 Å². The van der Waals surface area contributed by atoms with Crippen LogP contribution in [0.15, 0.2) is 122 Å². The van der Waals surface area contributed by atoms with Crippen LogP contribution >= 0.6 is 0 Å². The van der Waals surface area contributed by atoms with Crippen molar-refractivity contribution in [3.63, 3.8) is 0 Å². The lowest BCUT2D eigenvalue weighted by atomic mass is 10.1. The number of ether oxygens (including phenoxy) is 3. The van der Waals surface area contributed by atoms with Gasteiger partial charge in [0.1, 0.15) is 13.2 Å². The van der Waals surface area contributed by atoms with Gasteiger partial charge >= 0.3 is 17.9 Å². The molecular formula is C61H98O6. The van der Waals surface area contributed by atoms with E-state index in [4.69, 9.17) is 14.2 Å². The van der Waals surface area contributed by atoms with Gasteiger partial charge in [-0.05, 0) is 103 Å². The summed E-state index contributed by atoms with van der Waals surface area (Å²) in [6.45, 7) is 6.29. The molecule has 0 aliphatic heterocycles. The maximum Gasteiger partial charge on any atom is 0.306 e. The van der Waals surface area contributed by atoms with Crippen LogP contribution < -0.4 is 0 Å². The molecule has 0 N–H and O–H groups in total. The molecule has 6 heteroatoms. The molecule has 6 nitrogen and oxygen atoms in total. The van der Waals surface area contributed by atoms with Crippen molar-refractivity contribution in [1.29, 1.82) is 0 Å². The van der Waals surface area contributed by atoms with Gasteiger partial charge in [-0.2, -0.15) is 0 Å². The van der Waals surface area contributed by atoms with Crippen molar-refractivity contribution in [3.8, 4) is 0 Å². The summed E-state index contributed by atoms with van der Waals surface area (Å²) in [5.41, 5.74) is 0. The van der Waals surface area contributed by atoms with E-state index >= 15 is 0 Å². The molecule has 0 aromatic rings. The van der Waals surface area contributed by atoms with E-state index in [0.29, 0.717) is 19.3 Å². The molecule has 0 aromatic heterocycles. The molecule has 0 aliphatic carbocycles. The summed E-state index contributed by atoms with van der Waals surface area (Å²) in [6, 6.07) is 0. The van der Waals surface area contributed by atoms with Gasteiger partial charge in [0.25, 0.3) is 0 Å². The Balaban J connectivity index is 4.54. The van der Waals surface area contributed by atoms with Crippen LogP contribution in [-0.4, -0.2) is 37.2 Å². The lowest BCUT2D eigenvalue weighted by Gasteiger charge is -2.18. The molecule has 0 heterocycles. The Bertz CT molecular complexity index is 1440. The number of allylic oxidation sites excluding steroid dienone is 20. The second-order valence-corrected chi connectivity index (χ2v) is 17.4. The zero-order chi connectivity index (χ0) is 48.6. The monoisotopic (exact) mass is 927 g/mol. The smallest absolute Gasteiger partial charge is 0.306 e. The summed E-state index contributed by atoms with van der Waals surface area (Å²) in [5, 5.41) is 0. The molecule has 1 atom stereocenters. The number of esters is 3. The molecule has 0 bridgehead atoms. The number of rotatable bonds is 47. The maximum absolute atomic E-state index is 12.8. The van der Waals surface area contributed by atoms with Gasteiger partial charge in [-0.1, -0.05) is 226 Å². The van der Waals surface area contributed by atoms with Crippen LogP contribution in [0.5, 0.6) is 0 Å². The van der Waals surface area contributed by atoms with Crippen molar-refractivity contribution in [1.82, 2.24) is 0 Å². The van der Waals surface area contributed by atoms with Gasteiger partial charge in [0, 0.05) is 19.3 Å². The highest BCUT2D eigenvalue weighted by molar-refractivity contribution is 5.71. The highest BCUT2D eigenvalue weighted by atomic mass is 16.6. The molecular weight excluding hydrogens is 829 g/mol. The number of hydrogen-bond acceptors (Lipinski definition) is 6. The molecule has 0 aromatic carbocycles.